The number of pyridine rings is 1. The van der Waals surface area contributed by atoms with Crippen LogP contribution in [0.1, 0.15) is 23.3 Å². The highest BCUT2D eigenvalue weighted by Gasteiger charge is 2.25. The summed E-state index contributed by atoms with van der Waals surface area (Å²) in [6.07, 6.45) is 5.03. The number of nitrogens with zero attached hydrogens (tertiary/aromatic N) is 1. The summed E-state index contributed by atoms with van der Waals surface area (Å²) in [7, 11) is 2.02. The Balaban J connectivity index is 1.69. The monoisotopic (exact) mass is 398 g/mol. The van der Waals surface area contributed by atoms with Gasteiger partial charge in [-0.15, -0.1) is 0 Å². The number of aromatic nitrogens is 1. The fourth-order valence-corrected chi connectivity index (χ4v) is 4.76. The smallest absolute Gasteiger partial charge is 0.216 e. The number of hydrogen-bond donors (Lipinski definition) is 0. The van der Waals surface area contributed by atoms with Crippen molar-refractivity contribution in [3.05, 3.63) is 77.4 Å². The molecule has 0 spiro atoms. The Bertz CT molecular complexity index is 1440. The zero-order valence-electron chi connectivity index (χ0n) is 17.0. The third kappa shape index (κ3) is 2.40. The molecule has 0 N–H and O–H groups in total. The summed E-state index contributed by atoms with van der Waals surface area (Å²) in [5.74, 6) is 1.22. The van der Waals surface area contributed by atoms with E-state index >= 15 is 4.39 Å². The van der Waals surface area contributed by atoms with Crippen molar-refractivity contribution in [3.63, 3.8) is 0 Å². The van der Waals surface area contributed by atoms with Crippen LogP contribution in [0.25, 0.3) is 44.5 Å². The first-order chi connectivity index (χ1) is 14.6. The molecular weight excluding hydrogens is 377 g/mol. The van der Waals surface area contributed by atoms with Crippen LogP contribution in [-0.2, 0) is 19.9 Å². The lowest BCUT2D eigenvalue weighted by atomic mass is 10.00. The van der Waals surface area contributed by atoms with Crippen LogP contribution in [0, 0.1) is 12.7 Å². The zero-order valence-corrected chi connectivity index (χ0v) is 17.0. The molecule has 4 heteroatoms. The van der Waals surface area contributed by atoms with Crippen molar-refractivity contribution in [1.82, 2.24) is 0 Å². The third-order valence-electron chi connectivity index (χ3n) is 6.27. The van der Waals surface area contributed by atoms with E-state index in [4.69, 9.17) is 8.83 Å². The summed E-state index contributed by atoms with van der Waals surface area (Å²) in [5.41, 5.74) is 6.12. The van der Waals surface area contributed by atoms with Crippen LogP contribution < -0.4 is 4.57 Å². The van der Waals surface area contributed by atoms with Crippen LogP contribution in [0.4, 0.5) is 4.39 Å². The highest BCUT2D eigenvalue weighted by molar-refractivity contribution is 6.13. The SMILES string of the molecule is Cc1ccc2c(oc3c(-c4cc5c(o4)CCC5)c(F)ccc32)c1-c1cccc[n+]1C. The maximum absolute atomic E-state index is 15.0. The Kier molecular flexibility index (Phi) is 3.66. The number of rotatable bonds is 2. The highest BCUT2D eigenvalue weighted by Crippen LogP contribution is 2.42. The van der Waals surface area contributed by atoms with Gasteiger partial charge in [-0.3, -0.25) is 0 Å². The summed E-state index contributed by atoms with van der Waals surface area (Å²) in [6.45, 7) is 2.08. The maximum atomic E-state index is 15.0. The summed E-state index contributed by atoms with van der Waals surface area (Å²) in [5, 5.41) is 1.88. The molecule has 1 aliphatic rings. The van der Waals surface area contributed by atoms with Gasteiger partial charge in [-0.2, -0.15) is 0 Å². The van der Waals surface area contributed by atoms with Crippen molar-refractivity contribution in [2.45, 2.75) is 26.2 Å². The van der Waals surface area contributed by atoms with Gasteiger partial charge in [-0.25, -0.2) is 8.96 Å². The van der Waals surface area contributed by atoms with E-state index in [0.717, 1.165) is 58.2 Å². The van der Waals surface area contributed by atoms with Gasteiger partial charge in [-0.1, -0.05) is 12.1 Å². The van der Waals surface area contributed by atoms with Gasteiger partial charge in [0.2, 0.25) is 5.69 Å². The summed E-state index contributed by atoms with van der Waals surface area (Å²) < 4.78 is 29.6. The molecule has 0 radical (unpaired) electrons. The van der Waals surface area contributed by atoms with E-state index in [9.17, 15) is 0 Å². The van der Waals surface area contributed by atoms with Gasteiger partial charge >= 0.3 is 0 Å². The fourth-order valence-electron chi connectivity index (χ4n) is 4.76. The average Bonchev–Trinajstić information content (AvgIpc) is 3.41. The van der Waals surface area contributed by atoms with Gasteiger partial charge in [0.25, 0.3) is 0 Å². The first-order valence-electron chi connectivity index (χ1n) is 10.3. The second-order valence-electron chi connectivity index (χ2n) is 8.14. The van der Waals surface area contributed by atoms with Gasteiger partial charge in [-0.05, 0) is 55.2 Å². The predicted molar refractivity (Wildman–Crippen MR) is 115 cm³/mol. The van der Waals surface area contributed by atoms with E-state index in [-0.39, 0.29) is 5.82 Å². The number of hydrogen-bond acceptors (Lipinski definition) is 2. The number of halogens is 1. The van der Waals surface area contributed by atoms with E-state index < -0.39 is 0 Å². The molecule has 148 valence electrons. The standard InChI is InChI=1S/C26H21FNO2/c1-15-9-10-17-18-11-12-19(27)24(22-14-16-6-5-8-21(16)29-22)26(18)30-25(17)23(15)20-7-3-4-13-28(20)2/h3-4,7,9-14H,5-6,8H2,1-2H3/q+1. The van der Waals surface area contributed by atoms with Gasteiger partial charge in [0.1, 0.15) is 35.6 Å². The molecule has 0 unspecified atom stereocenters. The minimum Gasteiger partial charge on any atom is -0.461 e. The quantitative estimate of drug-likeness (QED) is 0.328. The van der Waals surface area contributed by atoms with E-state index in [0.29, 0.717) is 16.9 Å². The Morgan fingerprint density at radius 2 is 1.70 bits per heavy atom. The van der Waals surface area contributed by atoms with Crippen molar-refractivity contribution in [2.24, 2.45) is 7.05 Å². The van der Waals surface area contributed by atoms with Crippen molar-refractivity contribution in [2.75, 3.05) is 0 Å². The highest BCUT2D eigenvalue weighted by atomic mass is 19.1. The predicted octanol–water partition coefficient (Wildman–Crippen LogP) is 6.27. The molecule has 3 aromatic heterocycles. The van der Waals surface area contributed by atoms with Gasteiger partial charge in [0.15, 0.2) is 6.20 Å². The normalized spacial score (nSPS) is 13.4. The van der Waals surface area contributed by atoms with Crippen LogP contribution in [0.15, 0.2) is 63.6 Å². The molecule has 3 heterocycles. The van der Waals surface area contributed by atoms with E-state index in [1.54, 1.807) is 6.07 Å². The molecule has 0 bridgehead atoms. The molecule has 0 aliphatic heterocycles. The van der Waals surface area contributed by atoms with Gasteiger partial charge < -0.3 is 8.83 Å². The molecule has 0 fully saturated rings. The minimum absolute atomic E-state index is 0.322. The first-order valence-corrected chi connectivity index (χ1v) is 10.3. The molecule has 6 rings (SSSR count). The minimum atomic E-state index is -0.322. The second-order valence-corrected chi connectivity index (χ2v) is 8.14. The summed E-state index contributed by atoms with van der Waals surface area (Å²) in [6, 6.07) is 15.6. The molecular formula is C26H21FNO2+. The molecule has 1 aliphatic carbocycles. The molecule has 0 amide bonds. The van der Waals surface area contributed by atoms with Crippen LogP contribution >= 0.6 is 0 Å². The van der Waals surface area contributed by atoms with Crippen molar-refractivity contribution >= 4 is 21.9 Å². The summed E-state index contributed by atoms with van der Waals surface area (Å²) in [4.78, 5) is 0. The van der Waals surface area contributed by atoms with E-state index in [1.165, 1.54) is 11.6 Å². The number of fused-ring (bicyclic) bond motifs is 4. The molecule has 0 saturated carbocycles. The zero-order chi connectivity index (χ0) is 20.4. The number of furan rings is 2. The second kappa shape index (κ2) is 6.30. The van der Waals surface area contributed by atoms with Crippen molar-refractivity contribution < 1.29 is 17.8 Å². The van der Waals surface area contributed by atoms with E-state index in [2.05, 4.69) is 29.7 Å². The lowest BCUT2D eigenvalue weighted by molar-refractivity contribution is -0.660. The Morgan fingerprint density at radius 1 is 0.900 bits per heavy atom. The van der Waals surface area contributed by atoms with Crippen LogP contribution in [0.2, 0.25) is 0 Å². The molecule has 3 nitrogen and oxygen atoms in total. The maximum Gasteiger partial charge on any atom is 0.216 e. The van der Waals surface area contributed by atoms with Crippen LogP contribution in [0.5, 0.6) is 0 Å². The molecule has 2 aromatic carbocycles. The summed E-state index contributed by atoms with van der Waals surface area (Å²) >= 11 is 0. The Hall–Kier alpha value is -3.40. The number of benzene rings is 2. The molecule has 30 heavy (non-hydrogen) atoms. The van der Waals surface area contributed by atoms with E-state index in [1.807, 2.05) is 31.4 Å². The fraction of sp³-hybridized carbons (Fsp3) is 0.192. The Morgan fingerprint density at radius 3 is 2.50 bits per heavy atom. The Labute approximate surface area is 173 Å². The molecule has 5 aromatic rings. The number of aryl methyl sites for hydroxylation is 4. The topological polar surface area (TPSA) is 30.2 Å². The average molecular weight is 398 g/mol. The van der Waals surface area contributed by atoms with Crippen molar-refractivity contribution in [3.8, 4) is 22.6 Å². The molecule has 0 saturated heterocycles. The largest absolute Gasteiger partial charge is 0.461 e. The lowest BCUT2D eigenvalue weighted by Gasteiger charge is -2.04. The van der Waals surface area contributed by atoms with Crippen LogP contribution in [-0.4, -0.2) is 0 Å². The lowest BCUT2D eigenvalue weighted by Crippen LogP contribution is -2.30. The van der Waals surface area contributed by atoms with Crippen LogP contribution in [0.3, 0.4) is 0 Å². The molecule has 0 atom stereocenters. The third-order valence-corrected chi connectivity index (χ3v) is 6.27. The van der Waals surface area contributed by atoms with Crippen molar-refractivity contribution in [1.29, 1.82) is 0 Å². The van der Waals surface area contributed by atoms with Gasteiger partial charge in [0.05, 0.1) is 11.1 Å². The first kappa shape index (κ1) is 17.5. The van der Waals surface area contributed by atoms with Gasteiger partial charge in [0, 0.05) is 29.3 Å².